The molecule has 2 rings (SSSR count). The molecule has 4 nitrogen and oxygen atoms in total. The lowest BCUT2D eigenvalue weighted by atomic mass is 10.2. The van der Waals surface area contributed by atoms with Crippen LogP contribution in [-0.4, -0.2) is 17.1 Å². The van der Waals surface area contributed by atoms with Crippen molar-refractivity contribution in [1.29, 1.82) is 0 Å². The highest BCUT2D eigenvalue weighted by molar-refractivity contribution is 7.80. The van der Waals surface area contributed by atoms with E-state index in [9.17, 15) is 0 Å². The van der Waals surface area contributed by atoms with Crippen LogP contribution in [-0.2, 0) is 6.54 Å². The SMILES string of the molecule is COc1ccccc1CNc1ccc(C(N)=S)nc1. The number of aromatic nitrogens is 1. The molecule has 19 heavy (non-hydrogen) atoms. The summed E-state index contributed by atoms with van der Waals surface area (Å²) >= 11 is 4.86. The van der Waals surface area contributed by atoms with Gasteiger partial charge < -0.3 is 15.8 Å². The fourth-order valence-corrected chi connectivity index (χ4v) is 1.81. The molecule has 1 aromatic heterocycles. The van der Waals surface area contributed by atoms with Crippen LogP contribution >= 0.6 is 12.2 Å². The molecule has 0 saturated heterocycles. The Kier molecular flexibility index (Phi) is 4.30. The third kappa shape index (κ3) is 3.42. The smallest absolute Gasteiger partial charge is 0.123 e. The van der Waals surface area contributed by atoms with Crippen molar-refractivity contribution in [1.82, 2.24) is 4.98 Å². The van der Waals surface area contributed by atoms with E-state index < -0.39 is 0 Å². The van der Waals surface area contributed by atoms with Crippen LogP contribution in [0.2, 0.25) is 0 Å². The molecule has 0 bridgehead atoms. The van der Waals surface area contributed by atoms with Gasteiger partial charge in [0.1, 0.15) is 10.7 Å². The van der Waals surface area contributed by atoms with Gasteiger partial charge in [0, 0.05) is 12.1 Å². The number of pyridine rings is 1. The molecule has 0 aliphatic heterocycles. The number of ether oxygens (including phenoxy) is 1. The van der Waals surface area contributed by atoms with Gasteiger partial charge in [0.05, 0.1) is 24.7 Å². The Morgan fingerprint density at radius 1 is 1.32 bits per heavy atom. The standard InChI is InChI=1S/C14H15N3OS/c1-18-13-5-3-2-4-10(13)8-16-11-6-7-12(14(15)19)17-9-11/h2-7,9,16H,8H2,1H3,(H2,15,19). The minimum Gasteiger partial charge on any atom is -0.496 e. The Bertz CT molecular complexity index is 569. The van der Waals surface area contributed by atoms with E-state index in [1.165, 1.54) is 0 Å². The second-order valence-corrected chi connectivity index (χ2v) is 4.40. The van der Waals surface area contributed by atoms with E-state index in [1.54, 1.807) is 19.4 Å². The normalized spacial score (nSPS) is 9.95. The summed E-state index contributed by atoms with van der Waals surface area (Å²) in [7, 11) is 1.66. The molecule has 3 N–H and O–H groups in total. The number of hydrogen-bond donors (Lipinski definition) is 2. The van der Waals surface area contributed by atoms with Crippen molar-refractivity contribution < 1.29 is 4.74 Å². The lowest BCUT2D eigenvalue weighted by Gasteiger charge is -2.10. The van der Waals surface area contributed by atoms with E-state index >= 15 is 0 Å². The lowest BCUT2D eigenvalue weighted by molar-refractivity contribution is 0.410. The Morgan fingerprint density at radius 2 is 2.11 bits per heavy atom. The molecule has 0 atom stereocenters. The number of nitrogens with two attached hydrogens (primary N) is 1. The first-order valence-corrected chi connectivity index (χ1v) is 6.23. The second kappa shape index (κ2) is 6.15. The van der Waals surface area contributed by atoms with Crippen LogP contribution in [0.5, 0.6) is 5.75 Å². The van der Waals surface area contributed by atoms with Crippen molar-refractivity contribution in [2.24, 2.45) is 5.73 Å². The van der Waals surface area contributed by atoms with E-state index in [1.807, 2.05) is 30.3 Å². The number of nitrogens with zero attached hydrogens (tertiary/aromatic N) is 1. The molecule has 2 aromatic rings. The molecule has 1 aromatic carbocycles. The van der Waals surface area contributed by atoms with Gasteiger partial charge in [-0.1, -0.05) is 30.4 Å². The van der Waals surface area contributed by atoms with Crippen molar-refractivity contribution in [2.75, 3.05) is 12.4 Å². The van der Waals surface area contributed by atoms with Crippen LogP contribution in [0.15, 0.2) is 42.6 Å². The summed E-state index contributed by atoms with van der Waals surface area (Å²) in [5.41, 5.74) is 8.12. The number of methoxy groups -OCH3 is 1. The predicted molar refractivity (Wildman–Crippen MR) is 80.4 cm³/mol. The molecule has 0 amide bonds. The number of hydrogen-bond acceptors (Lipinski definition) is 4. The number of nitrogens with one attached hydrogen (secondary N) is 1. The molecule has 0 aliphatic carbocycles. The minimum absolute atomic E-state index is 0.302. The van der Waals surface area contributed by atoms with E-state index in [0.717, 1.165) is 17.0 Å². The molecule has 1 heterocycles. The molecular formula is C14H15N3OS. The Balaban J connectivity index is 2.04. The van der Waals surface area contributed by atoms with Crippen molar-refractivity contribution in [3.63, 3.8) is 0 Å². The second-order valence-electron chi connectivity index (χ2n) is 3.96. The zero-order chi connectivity index (χ0) is 13.7. The van der Waals surface area contributed by atoms with Gasteiger partial charge >= 0.3 is 0 Å². The number of rotatable bonds is 5. The average Bonchev–Trinajstić information content (AvgIpc) is 2.45. The highest BCUT2D eigenvalue weighted by Gasteiger charge is 2.02. The molecule has 0 radical (unpaired) electrons. The van der Waals surface area contributed by atoms with Crippen molar-refractivity contribution in [3.8, 4) is 5.75 Å². The molecule has 0 fully saturated rings. The van der Waals surface area contributed by atoms with Gasteiger partial charge in [0.15, 0.2) is 0 Å². The summed E-state index contributed by atoms with van der Waals surface area (Å²) in [6.07, 6.45) is 1.71. The first-order chi connectivity index (χ1) is 9.20. The van der Waals surface area contributed by atoms with Gasteiger partial charge in [0.25, 0.3) is 0 Å². The van der Waals surface area contributed by atoms with Crippen LogP contribution < -0.4 is 15.8 Å². The zero-order valence-corrected chi connectivity index (χ0v) is 11.4. The Morgan fingerprint density at radius 3 is 2.74 bits per heavy atom. The first-order valence-electron chi connectivity index (χ1n) is 5.82. The summed E-state index contributed by atoms with van der Waals surface area (Å²) < 4.78 is 5.30. The van der Waals surface area contributed by atoms with Crippen molar-refractivity contribution in [2.45, 2.75) is 6.54 Å². The quantitative estimate of drug-likeness (QED) is 0.819. The molecule has 98 valence electrons. The summed E-state index contributed by atoms with van der Waals surface area (Å²) in [5, 5.41) is 3.28. The van der Waals surface area contributed by atoms with E-state index in [-0.39, 0.29) is 0 Å². The maximum absolute atomic E-state index is 5.50. The molecular weight excluding hydrogens is 258 g/mol. The number of benzene rings is 1. The third-order valence-electron chi connectivity index (χ3n) is 2.69. The predicted octanol–water partition coefficient (Wildman–Crippen LogP) is 2.34. The number of para-hydroxylation sites is 1. The lowest BCUT2D eigenvalue weighted by Crippen LogP contribution is -2.11. The van der Waals surface area contributed by atoms with Gasteiger partial charge in [-0.05, 0) is 18.2 Å². The molecule has 0 aliphatic rings. The van der Waals surface area contributed by atoms with Crippen LogP contribution in [0, 0.1) is 0 Å². The molecule has 0 unspecified atom stereocenters. The van der Waals surface area contributed by atoms with Crippen LogP contribution in [0.3, 0.4) is 0 Å². The van der Waals surface area contributed by atoms with Crippen LogP contribution in [0.25, 0.3) is 0 Å². The molecule has 0 spiro atoms. The number of anilines is 1. The summed E-state index contributed by atoms with van der Waals surface area (Å²) in [5.74, 6) is 0.864. The third-order valence-corrected chi connectivity index (χ3v) is 2.90. The van der Waals surface area contributed by atoms with Crippen molar-refractivity contribution >= 4 is 22.9 Å². The van der Waals surface area contributed by atoms with E-state index in [0.29, 0.717) is 17.2 Å². The highest BCUT2D eigenvalue weighted by Crippen LogP contribution is 2.18. The summed E-state index contributed by atoms with van der Waals surface area (Å²) in [6.45, 7) is 0.665. The minimum atomic E-state index is 0.302. The van der Waals surface area contributed by atoms with Crippen LogP contribution in [0.1, 0.15) is 11.3 Å². The summed E-state index contributed by atoms with van der Waals surface area (Å²) in [4.78, 5) is 4.48. The fourth-order valence-electron chi connectivity index (χ4n) is 1.69. The first kappa shape index (κ1) is 13.3. The number of thiocarbonyl (C=S) groups is 1. The average molecular weight is 273 g/mol. The zero-order valence-electron chi connectivity index (χ0n) is 10.6. The topological polar surface area (TPSA) is 60.2 Å². The van der Waals surface area contributed by atoms with Crippen molar-refractivity contribution in [3.05, 3.63) is 53.9 Å². The maximum Gasteiger partial charge on any atom is 0.123 e. The van der Waals surface area contributed by atoms with Gasteiger partial charge in [-0.3, -0.25) is 4.98 Å². The van der Waals surface area contributed by atoms with Gasteiger partial charge in [-0.25, -0.2) is 0 Å². The maximum atomic E-state index is 5.50. The van der Waals surface area contributed by atoms with E-state index in [4.69, 9.17) is 22.7 Å². The summed E-state index contributed by atoms with van der Waals surface area (Å²) in [6, 6.07) is 11.6. The fraction of sp³-hybridized carbons (Fsp3) is 0.143. The van der Waals surface area contributed by atoms with Gasteiger partial charge in [-0.15, -0.1) is 0 Å². The monoisotopic (exact) mass is 273 g/mol. The highest BCUT2D eigenvalue weighted by atomic mass is 32.1. The van der Waals surface area contributed by atoms with E-state index in [2.05, 4.69) is 10.3 Å². The molecule has 5 heteroatoms. The molecule has 0 saturated carbocycles. The van der Waals surface area contributed by atoms with Gasteiger partial charge in [-0.2, -0.15) is 0 Å². The Labute approximate surface area is 117 Å². The van der Waals surface area contributed by atoms with Gasteiger partial charge in [0.2, 0.25) is 0 Å². The largest absolute Gasteiger partial charge is 0.496 e. The Hall–Kier alpha value is -2.14. The van der Waals surface area contributed by atoms with Crippen LogP contribution in [0.4, 0.5) is 5.69 Å².